The van der Waals surface area contributed by atoms with Crippen molar-refractivity contribution in [2.75, 3.05) is 31.1 Å². The summed E-state index contributed by atoms with van der Waals surface area (Å²) in [7, 11) is 0. The number of rotatable bonds is 4. The SMILES string of the molecule is CCc1nc2ccc(C(=O)N3CCN(c4ccccc4F)CC3)cc2nc1CC. The Kier molecular flexibility index (Phi) is 5.43. The molecule has 4 rings (SSSR count). The van der Waals surface area contributed by atoms with Gasteiger partial charge in [0.1, 0.15) is 5.82 Å². The quantitative estimate of drug-likeness (QED) is 0.677. The number of fused-ring (bicyclic) bond motifs is 1. The summed E-state index contributed by atoms with van der Waals surface area (Å²) < 4.78 is 14.0. The molecule has 5 nitrogen and oxygen atoms in total. The van der Waals surface area contributed by atoms with Gasteiger partial charge in [0.2, 0.25) is 0 Å². The van der Waals surface area contributed by atoms with Crippen LogP contribution in [0.2, 0.25) is 0 Å². The van der Waals surface area contributed by atoms with Gasteiger partial charge < -0.3 is 9.80 Å². The summed E-state index contributed by atoms with van der Waals surface area (Å²) in [6, 6.07) is 12.3. The first-order chi connectivity index (χ1) is 14.1. The molecule has 0 saturated carbocycles. The Labute approximate surface area is 170 Å². The zero-order valence-corrected chi connectivity index (χ0v) is 16.9. The molecule has 1 saturated heterocycles. The summed E-state index contributed by atoms with van der Waals surface area (Å²) in [5.74, 6) is -0.238. The number of amides is 1. The smallest absolute Gasteiger partial charge is 0.254 e. The molecular formula is C23H25FN4O. The third-order valence-corrected chi connectivity index (χ3v) is 5.50. The lowest BCUT2D eigenvalue weighted by atomic mass is 10.1. The number of piperazine rings is 1. The fourth-order valence-corrected chi connectivity index (χ4v) is 3.87. The van der Waals surface area contributed by atoms with Crippen LogP contribution in [-0.4, -0.2) is 47.0 Å². The maximum absolute atomic E-state index is 14.0. The van der Waals surface area contributed by atoms with Crippen LogP contribution in [0.1, 0.15) is 35.6 Å². The Morgan fingerprint density at radius 1 is 0.931 bits per heavy atom. The number of para-hydroxylation sites is 1. The summed E-state index contributed by atoms with van der Waals surface area (Å²) in [5, 5.41) is 0. The van der Waals surface area contributed by atoms with Crippen LogP contribution < -0.4 is 4.90 Å². The van der Waals surface area contributed by atoms with E-state index in [0.717, 1.165) is 35.3 Å². The first kappa shape index (κ1) is 19.3. The minimum atomic E-state index is -0.224. The molecule has 1 fully saturated rings. The van der Waals surface area contributed by atoms with Crippen LogP contribution in [0.25, 0.3) is 11.0 Å². The number of halogens is 1. The first-order valence-electron chi connectivity index (χ1n) is 10.2. The summed E-state index contributed by atoms with van der Waals surface area (Å²) in [4.78, 5) is 26.3. The molecule has 2 heterocycles. The number of hydrogen-bond donors (Lipinski definition) is 0. The van der Waals surface area contributed by atoms with E-state index in [1.807, 2.05) is 34.1 Å². The molecule has 0 bridgehead atoms. The van der Waals surface area contributed by atoms with Gasteiger partial charge in [0.15, 0.2) is 0 Å². The molecule has 150 valence electrons. The number of carbonyl (C=O) groups excluding carboxylic acids is 1. The van der Waals surface area contributed by atoms with Crippen LogP contribution in [0.3, 0.4) is 0 Å². The topological polar surface area (TPSA) is 49.3 Å². The Bertz CT molecular complexity index is 1040. The molecule has 0 N–H and O–H groups in total. The highest BCUT2D eigenvalue weighted by molar-refractivity contribution is 5.97. The van der Waals surface area contributed by atoms with Crippen LogP contribution in [0.4, 0.5) is 10.1 Å². The van der Waals surface area contributed by atoms with Gasteiger partial charge in [0.05, 0.1) is 28.1 Å². The molecule has 6 heteroatoms. The fourth-order valence-electron chi connectivity index (χ4n) is 3.87. The van der Waals surface area contributed by atoms with Crippen LogP contribution in [0, 0.1) is 5.82 Å². The van der Waals surface area contributed by atoms with Crippen LogP contribution in [-0.2, 0) is 12.8 Å². The number of anilines is 1. The zero-order chi connectivity index (χ0) is 20.4. The average molecular weight is 392 g/mol. The predicted molar refractivity (Wildman–Crippen MR) is 113 cm³/mol. The molecule has 2 aromatic carbocycles. The van der Waals surface area contributed by atoms with Gasteiger partial charge in [0.25, 0.3) is 5.91 Å². The van der Waals surface area contributed by atoms with E-state index in [0.29, 0.717) is 37.4 Å². The van der Waals surface area contributed by atoms with E-state index in [2.05, 4.69) is 13.8 Å². The maximum Gasteiger partial charge on any atom is 0.254 e. The number of hydrogen-bond acceptors (Lipinski definition) is 4. The standard InChI is InChI=1S/C23H25FN4O/c1-3-18-19(4-2)26-21-15-16(9-10-20(21)25-18)23(29)28-13-11-27(12-14-28)22-8-6-5-7-17(22)24/h5-10,15H,3-4,11-14H2,1-2H3. The van der Waals surface area contributed by atoms with Gasteiger partial charge in [-0.1, -0.05) is 26.0 Å². The molecule has 0 atom stereocenters. The highest BCUT2D eigenvalue weighted by Crippen LogP contribution is 2.22. The number of nitrogens with zero attached hydrogens (tertiary/aromatic N) is 4. The molecule has 1 aliphatic heterocycles. The van der Waals surface area contributed by atoms with E-state index in [4.69, 9.17) is 9.97 Å². The molecule has 0 aliphatic carbocycles. The van der Waals surface area contributed by atoms with Crippen molar-refractivity contribution in [3.8, 4) is 0 Å². The van der Waals surface area contributed by atoms with Crippen molar-refractivity contribution in [3.63, 3.8) is 0 Å². The Morgan fingerprint density at radius 3 is 2.24 bits per heavy atom. The van der Waals surface area contributed by atoms with Crippen molar-refractivity contribution in [1.82, 2.24) is 14.9 Å². The van der Waals surface area contributed by atoms with Crippen molar-refractivity contribution in [1.29, 1.82) is 0 Å². The van der Waals surface area contributed by atoms with Crippen LogP contribution >= 0.6 is 0 Å². The largest absolute Gasteiger partial charge is 0.366 e. The zero-order valence-electron chi connectivity index (χ0n) is 16.9. The van der Waals surface area contributed by atoms with E-state index in [9.17, 15) is 9.18 Å². The van der Waals surface area contributed by atoms with Gasteiger partial charge in [-0.3, -0.25) is 4.79 Å². The Morgan fingerprint density at radius 2 is 1.59 bits per heavy atom. The molecule has 1 aliphatic rings. The molecular weight excluding hydrogens is 367 g/mol. The second-order valence-electron chi connectivity index (χ2n) is 7.26. The van der Waals surface area contributed by atoms with Crippen molar-refractivity contribution in [3.05, 3.63) is 65.2 Å². The van der Waals surface area contributed by atoms with Gasteiger partial charge >= 0.3 is 0 Å². The van der Waals surface area contributed by atoms with Gasteiger partial charge in [-0.15, -0.1) is 0 Å². The summed E-state index contributed by atoms with van der Waals surface area (Å²) in [5.41, 5.74) is 4.80. The third kappa shape index (κ3) is 3.79. The average Bonchev–Trinajstić information content (AvgIpc) is 2.77. The number of aryl methyl sites for hydroxylation is 2. The van der Waals surface area contributed by atoms with Crippen LogP contribution in [0.15, 0.2) is 42.5 Å². The van der Waals surface area contributed by atoms with Crippen molar-refractivity contribution >= 4 is 22.6 Å². The molecule has 0 spiro atoms. The van der Waals surface area contributed by atoms with Gasteiger partial charge in [-0.25, -0.2) is 14.4 Å². The Balaban J connectivity index is 1.51. The van der Waals surface area contributed by atoms with Crippen molar-refractivity contribution < 1.29 is 9.18 Å². The van der Waals surface area contributed by atoms with Crippen molar-refractivity contribution in [2.45, 2.75) is 26.7 Å². The van der Waals surface area contributed by atoms with E-state index in [1.165, 1.54) is 6.07 Å². The van der Waals surface area contributed by atoms with E-state index in [-0.39, 0.29) is 11.7 Å². The highest BCUT2D eigenvalue weighted by atomic mass is 19.1. The molecule has 1 amide bonds. The molecule has 3 aromatic rings. The van der Waals surface area contributed by atoms with E-state index >= 15 is 0 Å². The lowest BCUT2D eigenvalue weighted by Crippen LogP contribution is -2.49. The lowest BCUT2D eigenvalue weighted by Gasteiger charge is -2.36. The minimum absolute atomic E-state index is 0.0144. The van der Waals surface area contributed by atoms with Gasteiger partial charge in [-0.2, -0.15) is 0 Å². The highest BCUT2D eigenvalue weighted by Gasteiger charge is 2.24. The lowest BCUT2D eigenvalue weighted by molar-refractivity contribution is 0.0747. The molecule has 0 unspecified atom stereocenters. The molecule has 1 aromatic heterocycles. The second kappa shape index (κ2) is 8.15. The molecule has 0 radical (unpaired) electrons. The number of aromatic nitrogens is 2. The Hall–Kier alpha value is -3.02. The monoisotopic (exact) mass is 392 g/mol. The van der Waals surface area contributed by atoms with Crippen LogP contribution in [0.5, 0.6) is 0 Å². The predicted octanol–water partition coefficient (Wildman–Crippen LogP) is 3.86. The van der Waals surface area contributed by atoms with E-state index < -0.39 is 0 Å². The summed E-state index contributed by atoms with van der Waals surface area (Å²) >= 11 is 0. The fraction of sp³-hybridized carbons (Fsp3) is 0.348. The van der Waals surface area contributed by atoms with E-state index in [1.54, 1.807) is 12.1 Å². The van der Waals surface area contributed by atoms with Gasteiger partial charge in [0, 0.05) is 31.7 Å². The van der Waals surface area contributed by atoms with Gasteiger partial charge in [-0.05, 0) is 43.2 Å². The maximum atomic E-state index is 14.0. The number of benzene rings is 2. The normalized spacial score (nSPS) is 14.4. The molecule has 29 heavy (non-hydrogen) atoms. The van der Waals surface area contributed by atoms with Crippen molar-refractivity contribution in [2.24, 2.45) is 0 Å². The summed E-state index contributed by atoms with van der Waals surface area (Å²) in [6.07, 6.45) is 1.67. The minimum Gasteiger partial charge on any atom is -0.366 e. The second-order valence-corrected chi connectivity index (χ2v) is 7.26. The third-order valence-electron chi connectivity index (χ3n) is 5.50. The summed E-state index contributed by atoms with van der Waals surface area (Å²) in [6.45, 7) is 6.49. The first-order valence-corrected chi connectivity index (χ1v) is 10.2. The number of carbonyl (C=O) groups is 1.